The summed E-state index contributed by atoms with van der Waals surface area (Å²) in [4.78, 5) is 12.0. The topological polar surface area (TPSA) is 52.3 Å². The molecular weight excluding hydrogens is 286 g/mol. The highest BCUT2D eigenvalue weighted by Gasteiger charge is 2.15. The molecule has 0 aliphatic heterocycles. The van der Waals surface area contributed by atoms with E-state index in [1.165, 1.54) is 0 Å². The van der Waals surface area contributed by atoms with Crippen molar-refractivity contribution in [2.45, 2.75) is 26.7 Å². The maximum absolute atomic E-state index is 12.0. The molecule has 0 unspecified atom stereocenters. The number of rotatable bonds is 6. The number of nitrogens with two attached hydrogens (primary N) is 1. The molecule has 0 aliphatic carbocycles. The molecule has 0 saturated carbocycles. The maximum atomic E-state index is 12.0. The largest absolute Gasteiger partial charge is 0.462 e. The fourth-order valence-corrected chi connectivity index (χ4v) is 2.55. The van der Waals surface area contributed by atoms with Crippen LogP contribution in [0.15, 0.2) is 48.5 Å². The number of ether oxygens (including phenoxy) is 1. The van der Waals surface area contributed by atoms with E-state index in [2.05, 4.69) is 31.2 Å². The van der Waals surface area contributed by atoms with Gasteiger partial charge in [-0.3, -0.25) is 0 Å². The highest BCUT2D eigenvalue weighted by atomic mass is 16.5. The fraction of sp³-hybridized carbons (Fsp3) is 0.250. The number of anilines is 1. The van der Waals surface area contributed by atoms with Gasteiger partial charge in [-0.25, -0.2) is 4.79 Å². The first-order valence-electron chi connectivity index (χ1n) is 7.96. The number of hydrogen-bond donors (Lipinski definition) is 1. The second-order valence-corrected chi connectivity index (χ2v) is 5.26. The Morgan fingerprint density at radius 3 is 2.52 bits per heavy atom. The summed E-state index contributed by atoms with van der Waals surface area (Å²) in [6.07, 6.45) is 5.71. The number of esters is 1. The van der Waals surface area contributed by atoms with Crippen LogP contribution in [0.2, 0.25) is 0 Å². The van der Waals surface area contributed by atoms with Gasteiger partial charge in [0, 0.05) is 5.69 Å². The molecule has 0 radical (unpaired) electrons. The molecule has 0 aliphatic rings. The lowest BCUT2D eigenvalue weighted by Crippen LogP contribution is -2.11. The SMILES string of the molecule is CCOC(=O)c1ccc(CC)c(CC=Cc2ccccc2)c1N. The van der Waals surface area contributed by atoms with E-state index in [1.54, 1.807) is 13.0 Å². The van der Waals surface area contributed by atoms with Crippen LogP contribution in [0, 0.1) is 0 Å². The first-order chi connectivity index (χ1) is 11.2. The van der Waals surface area contributed by atoms with E-state index in [9.17, 15) is 4.79 Å². The van der Waals surface area contributed by atoms with Crippen LogP contribution in [-0.2, 0) is 17.6 Å². The highest BCUT2D eigenvalue weighted by Crippen LogP contribution is 2.24. The summed E-state index contributed by atoms with van der Waals surface area (Å²) >= 11 is 0. The molecule has 0 amide bonds. The summed E-state index contributed by atoms with van der Waals surface area (Å²) in [5.41, 5.74) is 10.5. The number of benzene rings is 2. The van der Waals surface area contributed by atoms with Crippen LogP contribution in [0.4, 0.5) is 5.69 Å². The zero-order chi connectivity index (χ0) is 16.7. The Labute approximate surface area is 137 Å². The average Bonchev–Trinajstić information content (AvgIpc) is 2.57. The average molecular weight is 309 g/mol. The third-order valence-electron chi connectivity index (χ3n) is 3.76. The van der Waals surface area contributed by atoms with Gasteiger partial charge in [0.2, 0.25) is 0 Å². The van der Waals surface area contributed by atoms with Crippen molar-refractivity contribution >= 4 is 17.7 Å². The molecule has 2 rings (SSSR count). The molecule has 23 heavy (non-hydrogen) atoms. The standard InChI is InChI=1S/C20H23NO2/c1-3-16-13-14-18(20(22)23-4-2)19(21)17(16)12-8-11-15-9-6-5-7-10-15/h5-11,13-14H,3-4,12,21H2,1-2H3. The zero-order valence-corrected chi connectivity index (χ0v) is 13.7. The predicted molar refractivity (Wildman–Crippen MR) is 95.4 cm³/mol. The van der Waals surface area contributed by atoms with Gasteiger partial charge in [0.05, 0.1) is 12.2 Å². The van der Waals surface area contributed by atoms with Gasteiger partial charge in [-0.2, -0.15) is 0 Å². The molecule has 0 atom stereocenters. The summed E-state index contributed by atoms with van der Waals surface area (Å²) < 4.78 is 5.07. The van der Waals surface area contributed by atoms with Crippen molar-refractivity contribution in [1.29, 1.82) is 0 Å². The molecule has 0 fully saturated rings. The van der Waals surface area contributed by atoms with E-state index in [4.69, 9.17) is 10.5 Å². The smallest absolute Gasteiger partial charge is 0.340 e. The van der Waals surface area contributed by atoms with Gasteiger partial charge in [0.15, 0.2) is 0 Å². The number of allylic oxidation sites excluding steroid dienone is 1. The van der Waals surface area contributed by atoms with E-state index in [0.717, 1.165) is 23.1 Å². The van der Waals surface area contributed by atoms with Crippen LogP contribution in [-0.4, -0.2) is 12.6 Å². The van der Waals surface area contributed by atoms with E-state index < -0.39 is 0 Å². The Morgan fingerprint density at radius 2 is 1.87 bits per heavy atom. The van der Waals surface area contributed by atoms with Gasteiger partial charge in [-0.05, 0) is 42.5 Å². The van der Waals surface area contributed by atoms with Crippen molar-refractivity contribution in [3.63, 3.8) is 0 Å². The first-order valence-corrected chi connectivity index (χ1v) is 7.96. The second-order valence-electron chi connectivity index (χ2n) is 5.26. The number of carbonyl (C=O) groups is 1. The molecule has 0 bridgehead atoms. The van der Waals surface area contributed by atoms with Crippen LogP contribution in [0.5, 0.6) is 0 Å². The summed E-state index contributed by atoms with van der Waals surface area (Å²) in [7, 11) is 0. The van der Waals surface area contributed by atoms with E-state index in [0.29, 0.717) is 24.3 Å². The lowest BCUT2D eigenvalue weighted by Gasteiger charge is -2.13. The summed E-state index contributed by atoms with van der Waals surface area (Å²) in [6, 6.07) is 13.8. The lowest BCUT2D eigenvalue weighted by atomic mass is 9.96. The molecule has 0 spiro atoms. The third-order valence-corrected chi connectivity index (χ3v) is 3.76. The number of carbonyl (C=O) groups excluding carboxylic acids is 1. The van der Waals surface area contributed by atoms with Gasteiger partial charge >= 0.3 is 5.97 Å². The van der Waals surface area contributed by atoms with Gasteiger partial charge in [0.1, 0.15) is 0 Å². The van der Waals surface area contributed by atoms with Crippen molar-refractivity contribution in [3.05, 3.63) is 70.8 Å². The molecule has 2 aromatic rings. The molecule has 2 N–H and O–H groups in total. The molecule has 120 valence electrons. The van der Waals surface area contributed by atoms with Crippen LogP contribution in [0.3, 0.4) is 0 Å². The third kappa shape index (κ3) is 4.22. The summed E-state index contributed by atoms with van der Waals surface area (Å²) in [5, 5.41) is 0. The molecular formula is C20H23NO2. The van der Waals surface area contributed by atoms with Gasteiger partial charge < -0.3 is 10.5 Å². The van der Waals surface area contributed by atoms with Crippen LogP contribution in [0.25, 0.3) is 6.08 Å². The van der Waals surface area contributed by atoms with Gasteiger partial charge in [-0.15, -0.1) is 0 Å². The molecule has 0 saturated heterocycles. The second kappa shape index (κ2) is 8.18. The molecule has 0 heterocycles. The Balaban J connectivity index is 2.27. The summed E-state index contributed by atoms with van der Waals surface area (Å²) in [6.45, 7) is 4.22. The molecule has 2 aromatic carbocycles. The Bertz CT molecular complexity index is 690. The van der Waals surface area contributed by atoms with Crippen LogP contribution >= 0.6 is 0 Å². The van der Waals surface area contributed by atoms with Crippen molar-refractivity contribution in [2.75, 3.05) is 12.3 Å². The zero-order valence-electron chi connectivity index (χ0n) is 13.7. The Kier molecular flexibility index (Phi) is 5.98. The molecule has 3 nitrogen and oxygen atoms in total. The van der Waals surface area contributed by atoms with Crippen molar-refractivity contribution < 1.29 is 9.53 Å². The van der Waals surface area contributed by atoms with Crippen molar-refractivity contribution in [2.24, 2.45) is 0 Å². The minimum absolute atomic E-state index is 0.344. The molecule has 0 aromatic heterocycles. The monoisotopic (exact) mass is 309 g/mol. The quantitative estimate of drug-likeness (QED) is 0.640. The van der Waals surface area contributed by atoms with E-state index in [1.807, 2.05) is 24.3 Å². The normalized spacial score (nSPS) is 10.9. The first kappa shape index (κ1) is 16.8. The molecule has 3 heteroatoms. The fourth-order valence-electron chi connectivity index (χ4n) is 2.55. The number of aryl methyl sites for hydroxylation is 1. The van der Waals surface area contributed by atoms with E-state index in [-0.39, 0.29) is 5.97 Å². The van der Waals surface area contributed by atoms with Gasteiger partial charge in [0.25, 0.3) is 0 Å². The summed E-state index contributed by atoms with van der Waals surface area (Å²) in [5.74, 6) is -0.360. The number of nitrogen functional groups attached to an aromatic ring is 1. The van der Waals surface area contributed by atoms with Crippen molar-refractivity contribution in [1.82, 2.24) is 0 Å². The maximum Gasteiger partial charge on any atom is 0.340 e. The van der Waals surface area contributed by atoms with E-state index >= 15 is 0 Å². The minimum atomic E-state index is -0.360. The predicted octanol–water partition coefficient (Wildman–Crippen LogP) is 4.26. The van der Waals surface area contributed by atoms with Crippen molar-refractivity contribution in [3.8, 4) is 0 Å². The lowest BCUT2D eigenvalue weighted by molar-refractivity contribution is 0.0527. The van der Waals surface area contributed by atoms with Gasteiger partial charge in [-0.1, -0.05) is 55.5 Å². The van der Waals surface area contributed by atoms with Crippen LogP contribution < -0.4 is 5.73 Å². The minimum Gasteiger partial charge on any atom is -0.462 e. The Morgan fingerprint density at radius 1 is 1.13 bits per heavy atom. The highest BCUT2D eigenvalue weighted by molar-refractivity contribution is 5.96. The van der Waals surface area contributed by atoms with Crippen LogP contribution in [0.1, 0.15) is 40.9 Å². The Hall–Kier alpha value is -2.55. The number of hydrogen-bond acceptors (Lipinski definition) is 3.